The highest BCUT2D eigenvalue weighted by Crippen LogP contribution is 2.39. The Labute approximate surface area is 164 Å². The van der Waals surface area contributed by atoms with Crippen molar-refractivity contribution in [3.63, 3.8) is 0 Å². The van der Waals surface area contributed by atoms with Crippen molar-refractivity contribution in [1.29, 1.82) is 0 Å². The number of nitrogens with two attached hydrogens (primary N) is 1. The van der Waals surface area contributed by atoms with Crippen LogP contribution in [0, 0.1) is 0 Å². The predicted octanol–water partition coefficient (Wildman–Crippen LogP) is 3.05. The number of ether oxygens (including phenoxy) is 2. The van der Waals surface area contributed by atoms with Crippen molar-refractivity contribution in [3.05, 3.63) is 44.8 Å². The first-order chi connectivity index (χ1) is 12.9. The highest BCUT2D eigenvalue weighted by molar-refractivity contribution is 7.17. The summed E-state index contributed by atoms with van der Waals surface area (Å²) in [5, 5.41) is 3.38. The van der Waals surface area contributed by atoms with Gasteiger partial charge < -0.3 is 20.5 Å². The standard InChI is InChI=1S/C18H17ClN2O5S/c1-25-18(24)15-10-3-2-4-13(10)27-16(15)21-14(22)8-26-17(23)9-5-6-11(19)12(20)7-9/h5-7H,2-4,8,20H2,1H3,(H,21,22). The summed E-state index contributed by atoms with van der Waals surface area (Å²) in [6.45, 7) is -0.495. The highest BCUT2D eigenvalue weighted by Gasteiger charge is 2.28. The van der Waals surface area contributed by atoms with Gasteiger partial charge in [-0.15, -0.1) is 11.3 Å². The molecular formula is C18H17ClN2O5S. The van der Waals surface area contributed by atoms with Gasteiger partial charge in [0.2, 0.25) is 0 Å². The Bertz CT molecular complexity index is 925. The quantitative estimate of drug-likeness (QED) is 0.581. The van der Waals surface area contributed by atoms with Crippen LogP contribution in [-0.4, -0.2) is 31.6 Å². The third-order valence-electron chi connectivity index (χ3n) is 4.13. The van der Waals surface area contributed by atoms with Gasteiger partial charge in [0.25, 0.3) is 5.91 Å². The molecule has 27 heavy (non-hydrogen) atoms. The number of fused-ring (bicyclic) bond motifs is 1. The molecule has 0 spiro atoms. The second kappa shape index (κ2) is 7.98. The molecule has 142 valence electrons. The number of carbonyl (C=O) groups is 3. The van der Waals surface area contributed by atoms with Crippen molar-refractivity contribution in [3.8, 4) is 0 Å². The number of carbonyl (C=O) groups excluding carboxylic acids is 3. The number of aryl methyl sites for hydroxylation is 1. The number of anilines is 2. The van der Waals surface area contributed by atoms with Gasteiger partial charge in [0.05, 0.1) is 28.9 Å². The van der Waals surface area contributed by atoms with E-state index in [0.29, 0.717) is 15.6 Å². The Kier molecular flexibility index (Phi) is 5.67. The van der Waals surface area contributed by atoms with E-state index >= 15 is 0 Å². The monoisotopic (exact) mass is 408 g/mol. The van der Waals surface area contributed by atoms with Gasteiger partial charge in [-0.3, -0.25) is 4.79 Å². The van der Waals surface area contributed by atoms with E-state index in [1.54, 1.807) is 0 Å². The lowest BCUT2D eigenvalue weighted by Gasteiger charge is -2.08. The van der Waals surface area contributed by atoms with Gasteiger partial charge in [0.1, 0.15) is 5.00 Å². The van der Waals surface area contributed by atoms with E-state index in [9.17, 15) is 14.4 Å². The third kappa shape index (κ3) is 4.06. The minimum atomic E-state index is -0.699. The average molecular weight is 409 g/mol. The molecule has 1 aliphatic rings. The van der Waals surface area contributed by atoms with Gasteiger partial charge in [-0.05, 0) is 43.0 Å². The Morgan fingerprint density at radius 2 is 2.04 bits per heavy atom. The molecule has 0 bridgehead atoms. The summed E-state index contributed by atoms with van der Waals surface area (Å²) < 4.78 is 9.83. The first-order valence-corrected chi connectivity index (χ1v) is 9.35. The number of hydrogen-bond donors (Lipinski definition) is 2. The van der Waals surface area contributed by atoms with E-state index in [1.165, 1.54) is 36.6 Å². The molecule has 0 fully saturated rings. The second-order valence-corrected chi connectivity index (χ2v) is 7.43. The zero-order valence-electron chi connectivity index (χ0n) is 14.5. The zero-order valence-corrected chi connectivity index (χ0v) is 16.0. The first-order valence-electron chi connectivity index (χ1n) is 8.15. The van der Waals surface area contributed by atoms with Crippen molar-refractivity contribution in [2.24, 2.45) is 0 Å². The molecule has 1 heterocycles. The lowest BCUT2D eigenvalue weighted by molar-refractivity contribution is -0.119. The van der Waals surface area contributed by atoms with Crippen LogP contribution in [0.1, 0.15) is 37.6 Å². The van der Waals surface area contributed by atoms with Crippen LogP contribution in [0.3, 0.4) is 0 Å². The van der Waals surface area contributed by atoms with Crippen molar-refractivity contribution in [2.45, 2.75) is 19.3 Å². The molecule has 2 aromatic rings. The van der Waals surface area contributed by atoms with E-state index in [2.05, 4.69) is 5.32 Å². The number of amides is 1. The molecule has 1 aliphatic carbocycles. The summed E-state index contributed by atoms with van der Waals surface area (Å²) >= 11 is 7.16. The Balaban J connectivity index is 1.65. The number of thiophene rings is 1. The number of esters is 2. The van der Waals surface area contributed by atoms with E-state index in [0.717, 1.165) is 29.7 Å². The SMILES string of the molecule is COC(=O)c1c(NC(=O)COC(=O)c2ccc(Cl)c(N)c2)sc2c1CCC2. The van der Waals surface area contributed by atoms with E-state index in [1.807, 2.05) is 0 Å². The molecule has 0 aliphatic heterocycles. The molecule has 9 heteroatoms. The summed E-state index contributed by atoms with van der Waals surface area (Å²) in [4.78, 5) is 37.3. The van der Waals surface area contributed by atoms with Crippen molar-refractivity contribution >= 4 is 51.5 Å². The maximum Gasteiger partial charge on any atom is 0.341 e. The molecule has 0 saturated heterocycles. The number of nitrogens with one attached hydrogen (secondary N) is 1. The van der Waals surface area contributed by atoms with E-state index in [-0.39, 0.29) is 11.3 Å². The Morgan fingerprint density at radius 1 is 1.26 bits per heavy atom. The van der Waals surface area contributed by atoms with Crippen molar-refractivity contribution in [1.82, 2.24) is 0 Å². The van der Waals surface area contributed by atoms with Crippen molar-refractivity contribution < 1.29 is 23.9 Å². The number of rotatable bonds is 5. The fourth-order valence-electron chi connectivity index (χ4n) is 2.86. The first kappa shape index (κ1) is 19.2. The van der Waals surface area contributed by atoms with Gasteiger partial charge in [0, 0.05) is 4.88 Å². The topological polar surface area (TPSA) is 108 Å². The van der Waals surface area contributed by atoms with E-state index in [4.69, 9.17) is 26.8 Å². The average Bonchev–Trinajstić information content (AvgIpc) is 3.22. The van der Waals surface area contributed by atoms with Gasteiger partial charge in [0.15, 0.2) is 6.61 Å². The molecule has 1 aromatic carbocycles. The summed E-state index contributed by atoms with van der Waals surface area (Å²) in [5.74, 6) is -1.73. The molecule has 1 amide bonds. The van der Waals surface area contributed by atoms with Crippen LogP contribution in [0.25, 0.3) is 0 Å². The van der Waals surface area contributed by atoms with Crippen LogP contribution < -0.4 is 11.1 Å². The van der Waals surface area contributed by atoms with Crippen LogP contribution in [0.5, 0.6) is 0 Å². The fraction of sp³-hybridized carbons (Fsp3) is 0.278. The molecule has 1 aromatic heterocycles. The number of nitrogen functional groups attached to an aromatic ring is 1. The van der Waals surface area contributed by atoms with Gasteiger partial charge in [-0.1, -0.05) is 11.6 Å². The fourth-order valence-corrected chi connectivity index (χ4v) is 4.27. The molecule has 0 saturated carbocycles. The number of methoxy groups -OCH3 is 1. The molecule has 3 rings (SSSR count). The smallest absolute Gasteiger partial charge is 0.341 e. The van der Waals surface area contributed by atoms with Crippen LogP contribution in [-0.2, 0) is 27.1 Å². The van der Waals surface area contributed by atoms with Crippen LogP contribution in [0.4, 0.5) is 10.7 Å². The lowest BCUT2D eigenvalue weighted by atomic mass is 10.1. The summed E-state index contributed by atoms with van der Waals surface area (Å²) in [6, 6.07) is 4.31. The number of halogens is 1. The summed E-state index contributed by atoms with van der Waals surface area (Å²) in [5.41, 5.74) is 7.40. The maximum absolute atomic E-state index is 12.2. The van der Waals surface area contributed by atoms with Crippen LogP contribution in [0.15, 0.2) is 18.2 Å². The summed E-state index contributed by atoms with van der Waals surface area (Å²) in [7, 11) is 1.30. The number of benzene rings is 1. The Hall–Kier alpha value is -2.58. The highest BCUT2D eigenvalue weighted by atomic mass is 35.5. The molecular weight excluding hydrogens is 392 g/mol. The Morgan fingerprint density at radius 3 is 2.74 bits per heavy atom. The van der Waals surface area contributed by atoms with Gasteiger partial charge >= 0.3 is 11.9 Å². The van der Waals surface area contributed by atoms with Gasteiger partial charge in [-0.25, -0.2) is 9.59 Å². The minimum Gasteiger partial charge on any atom is -0.465 e. The number of hydrogen-bond acceptors (Lipinski definition) is 7. The molecule has 7 nitrogen and oxygen atoms in total. The summed E-state index contributed by atoms with van der Waals surface area (Å²) in [6.07, 6.45) is 2.62. The molecule has 0 radical (unpaired) electrons. The maximum atomic E-state index is 12.2. The second-order valence-electron chi connectivity index (χ2n) is 5.91. The molecule has 0 unspecified atom stereocenters. The largest absolute Gasteiger partial charge is 0.465 e. The molecule has 0 atom stereocenters. The van der Waals surface area contributed by atoms with Crippen LogP contribution in [0.2, 0.25) is 5.02 Å². The van der Waals surface area contributed by atoms with Gasteiger partial charge in [-0.2, -0.15) is 0 Å². The lowest BCUT2D eigenvalue weighted by Crippen LogP contribution is -2.21. The predicted molar refractivity (Wildman–Crippen MR) is 102 cm³/mol. The normalized spacial score (nSPS) is 12.4. The zero-order chi connectivity index (χ0) is 19.6. The van der Waals surface area contributed by atoms with Crippen LogP contribution >= 0.6 is 22.9 Å². The van der Waals surface area contributed by atoms with E-state index < -0.39 is 24.5 Å². The molecule has 3 N–H and O–H groups in total. The third-order valence-corrected chi connectivity index (χ3v) is 5.68. The minimum absolute atomic E-state index is 0.190. The van der Waals surface area contributed by atoms with Crippen molar-refractivity contribution in [2.75, 3.05) is 24.8 Å².